The lowest BCUT2D eigenvalue weighted by molar-refractivity contribution is -0.137. The largest absolute Gasteiger partial charge is 0.481 e. The van der Waals surface area contributed by atoms with Crippen molar-refractivity contribution < 1.29 is 9.90 Å². The van der Waals surface area contributed by atoms with Crippen LogP contribution in [-0.2, 0) is 4.79 Å². The first kappa shape index (κ1) is 17.5. The minimum atomic E-state index is -0.624. The first-order valence-corrected chi connectivity index (χ1v) is 9.01. The summed E-state index contributed by atoms with van der Waals surface area (Å²) in [5.41, 5.74) is 0. The lowest BCUT2D eigenvalue weighted by Gasteiger charge is -2.15. The van der Waals surface area contributed by atoms with Gasteiger partial charge in [0.1, 0.15) is 0 Å². The lowest BCUT2D eigenvalue weighted by Crippen LogP contribution is -2.05. The molecular formula is C18H34O2. The van der Waals surface area contributed by atoms with Crippen LogP contribution in [0.5, 0.6) is 0 Å². The van der Waals surface area contributed by atoms with Gasteiger partial charge in [-0.25, -0.2) is 0 Å². The summed E-state index contributed by atoms with van der Waals surface area (Å²) in [6, 6.07) is 0. The molecule has 0 unspecified atom stereocenters. The molecule has 0 spiro atoms. The van der Waals surface area contributed by atoms with Crippen molar-refractivity contribution in [3.63, 3.8) is 0 Å². The predicted octanol–water partition coefficient (Wildman–Crippen LogP) is 5.94. The fourth-order valence-electron chi connectivity index (χ4n) is 3.39. The van der Waals surface area contributed by atoms with E-state index in [2.05, 4.69) is 0 Å². The highest BCUT2D eigenvalue weighted by Gasteiger charge is 2.11. The van der Waals surface area contributed by atoms with Gasteiger partial charge in [0.2, 0.25) is 0 Å². The molecule has 20 heavy (non-hydrogen) atoms. The number of carboxylic acid groups (broad SMARTS) is 1. The highest BCUT2D eigenvalue weighted by atomic mass is 16.4. The van der Waals surface area contributed by atoms with Crippen LogP contribution in [0.25, 0.3) is 0 Å². The number of aliphatic carboxylic acids is 1. The summed E-state index contributed by atoms with van der Waals surface area (Å²) in [6.07, 6.45) is 20.4. The average Bonchev–Trinajstić information content (AvgIpc) is 2.44. The van der Waals surface area contributed by atoms with Crippen molar-refractivity contribution in [1.29, 1.82) is 0 Å². The van der Waals surface area contributed by atoms with Crippen molar-refractivity contribution in [2.45, 2.75) is 103 Å². The van der Waals surface area contributed by atoms with Gasteiger partial charge in [-0.1, -0.05) is 89.9 Å². The van der Waals surface area contributed by atoms with E-state index in [9.17, 15) is 4.79 Å². The van der Waals surface area contributed by atoms with Crippen LogP contribution >= 0.6 is 0 Å². The predicted molar refractivity (Wildman–Crippen MR) is 85.0 cm³/mol. The van der Waals surface area contributed by atoms with Gasteiger partial charge >= 0.3 is 5.97 Å². The van der Waals surface area contributed by atoms with Crippen molar-refractivity contribution in [2.24, 2.45) is 5.92 Å². The molecule has 0 aromatic rings. The Morgan fingerprint density at radius 3 is 1.40 bits per heavy atom. The Balaban J connectivity index is 2.26. The van der Waals surface area contributed by atoms with E-state index in [1.54, 1.807) is 0 Å². The number of carboxylic acids is 1. The molecular weight excluding hydrogens is 248 g/mol. The normalized spacial score (nSPS) is 21.8. The van der Waals surface area contributed by atoms with Crippen molar-refractivity contribution in [3.8, 4) is 0 Å². The van der Waals surface area contributed by atoms with Crippen molar-refractivity contribution in [1.82, 2.24) is 0 Å². The zero-order valence-corrected chi connectivity index (χ0v) is 13.2. The zero-order chi connectivity index (χ0) is 14.5. The summed E-state index contributed by atoms with van der Waals surface area (Å²) in [7, 11) is 0. The SMILES string of the molecule is O=C(O)CCC1CCCCCCCCCCCCCC1. The summed E-state index contributed by atoms with van der Waals surface area (Å²) < 4.78 is 0. The monoisotopic (exact) mass is 282 g/mol. The quantitative estimate of drug-likeness (QED) is 0.695. The molecule has 118 valence electrons. The van der Waals surface area contributed by atoms with E-state index in [1.165, 1.54) is 89.9 Å². The highest BCUT2D eigenvalue weighted by molar-refractivity contribution is 5.66. The zero-order valence-electron chi connectivity index (χ0n) is 13.2. The van der Waals surface area contributed by atoms with E-state index >= 15 is 0 Å². The minimum Gasteiger partial charge on any atom is -0.481 e. The van der Waals surface area contributed by atoms with Gasteiger partial charge < -0.3 is 5.11 Å². The topological polar surface area (TPSA) is 37.3 Å². The summed E-state index contributed by atoms with van der Waals surface area (Å²) >= 11 is 0. The fourth-order valence-corrected chi connectivity index (χ4v) is 3.39. The number of hydrogen-bond acceptors (Lipinski definition) is 1. The summed E-state index contributed by atoms with van der Waals surface area (Å²) in [6.45, 7) is 0. The summed E-state index contributed by atoms with van der Waals surface area (Å²) in [5.74, 6) is 0.0390. The molecule has 1 saturated carbocycles. The number of hydrogen-bond donors (Lipinski definition) is 1. The number of rotatable bonds is 3. The Morgan fingerprint density at radius 2 is 1.05 bits per heavy atom. The highest BCUT2D eigenvalue weighted by Crippen LogP contribution is 2.24. The molecule has 1 N–H and O–H groups in total. The number of carbonyl (C=O) groups is 1. The third-order valence-corrected chi connectivity index (χ3v) is 4.74. The maximum Gasteiger partial charge on any atom is 0.303 e. The molecule has 1 aliphatic carbocycles. The second-order valence-corrected chi connectivity index (χ2v) is 6.62. The molecule has 0 aromatic carbocycles. The Hall–Kier alpha value is -0.530. The lowest BCUT2D eigenvalue weighted by atomic mass is 9.90. The molecule has 1 rings (SSSR count). The Kier molecular flexibility index (Phi) is 10.7. The van der Waals surface area contributed by atoms with Crippen LogP contribution < -0.4 is 0 Å². The second-order valence-electron chi connectivity index (χ2n) is 6.62. The van der Waals surface area contributed by atoms with Crippen molar-refractivity contribution >= 4 is 5.97 Å². The molecule has 0 amide bonds. The maximum atomic E-state index is 10.7. The second kappa shape index (κ2) is 12.2. The third-order valence-electron chi connectivity index (χ3n) is 4.74. The van der Waals surface area contributed by atoms with Crippen LogP contribution in [0.1, 0.15) is 103 Å². The molecule has 0 aliphatic heterocycles. The molecule has 1 fully saturated rings. The van der Waals surface area contributed by atoms with E-state index in [0.717, 1.165) is 6.42 Å². The van der Waals surface area contributed by atoms with E-state index < -0.39 is 5.97 Å². The van der Waals surface area contributed by atoms with Crippen molar-refractivity contribution in [3.05, 3.63) is 0 Å². The van der Waals surface area contributed by atoms with Crippen LogP contribution in [0.15, 0.2) is 0 Å². The molecule has 0 heterocycles. The van der Waals surface area contributed by atoms with Crippen LogP contribution in [0.4, 0.5) is 0 Å². The smallest absolute Gasteiger partial charge is 0.303 e. The Labute approximate surface area is 125 Å². The van der Waals surface area contributed by atoms with Crippen LogP contribution in [0.2, 0.25) is 0 Å². The fraction of sp³-hybridized carbons (Fsp3) is 0.944. The standard InChI is InChI=1S/C18H34O2/c19-18(20)16-15-17-13-11-9-7-5-3-1-2-4-6-8-10-12-14-17/h17H,1-16H2,(H,19,20). The van der Waals surface area contributed by atoms with E-state index in [1.807, 2.05) is 0 Å². The third kappa shape index (κ3) is 10.3. The molecule has 0 radical (unpaired) electrons. The maximum absolute atomic E-state index is 10.7. The summed E-state index contributed by atoms with van der Waals surface area (Å²) in [5, 5.41) is 8.85. The van der Waals surface area contributed by atoms with Crippen LogP contribution in [0.3, 0.4) is 0 Å². The van der Waals surface area contributed by atoms with E-state index in [0.29, 0.717) is 12.3 Å². The molecule has 2 heteroatoms. The molecule has 0 atom stereocenters. The summed E-state index contributed by atoms with van der Waals surface area (Å²) in [4.78, 5) is 10.7. The van der Waals surface area contributed by atoms with Gasteiger partial charge in [-0.3, -0.25) is 4.79 Å². The molecule has 2 nitrogen and oxygen atoms in total. The minimum absolute atomic E-state index is 0.366. The Morgan fingerprint density at radius 1 is 0.700 bits per heavy atom. The molecule has 0 aromatic heterocycles. The van der Waals surface area contributed by atoms with Crippen molar-refractivity contribution in [2.75, 3.05) is 0 Å². The first-order valence-electron chi connectivity index (χ1n) is 9.01. The van der Waals surface area contributed by atoms with Gasteiger partial charge in [0.15, 0.2) is 0 Å². The van der Waals surface area contributed by atoms with Gasteiger partial charge in [0.05, 0.1) is 0 Å². The first-order chi connectivity index (χ1) is 9.79. The van der Waals surface area contributed by atoms with Gasteiger partial charge in [-0.05, 0) is 12.3 Å². The van der Waals surface area contributed by atoms with Gasteiger partial charge in [-0.2, -0.15) is 0 Å². The van der Waals surface area contributed by atoms with E-state index in [-0.39, 0.29) is 0 Å². The van der Waals surface area contributed by atoms with Crippen LogP contribution in [0, 0.1) is 5.92 Å². The molecule has 0 bridgehead atoms. The van der Waals surface area contributed by atoms with Crippen LogP contribution in [-0.4, -0.2) is 11.1 Å². The van der Waals surface area contributed by atoms with E-state index in [4.69, 9.17) is 5.11 Å². The van der Waals surface area contributed by atoms with Gasteiger partial charge in [0, 0.05) is 6.42 Å². The van der Waals surface area contributed by atoms with Gasteiger partial charge in [-0.15, -0.1) is 0 Å². The van der Waals surface area contributed by atoms with Gasteiger partial charge in [0.25, 0.3) is 0 Å². The molecule has 0 saturated heterocycles. The average molecular weight is 282 g/mol. The Bertz CT molecular complexity index is 222. The molecule has 1 aliphatic rings.